The monoisotopic (exact) mass is 406 g/mol. The molecule has 0 saturated carbocycles. The highest BCUT2D eigenvalue weighted by Gasteiger charge is 2.33. The van der Waals surface area contributed by atoms with E-state index in [1.807, 2.05) is 6.92 Å². The lowest BCUT2D eigenvalue weighted by atomic mass is 10.1. The van der Waals surface area contributed by atoms with Crippen LogP contribution in [0.1, 0.15) is 23.2 Å². The molecule has 27 heavy (non-hydrogen) atoms. The predicted octanol–water partition coefficient (Wildman–Crippen LogP) is 3.78. The van der Waals surface area contributed by atoms with Gasteiger partial charge in [0.2, 0.25) is 0 Å². The molecule has 10 heteroatoms. The first-order valence-corrected chi connectivity index (χ1v) is 9.15. The minimum absolute atomic E-state index is 0.245. The van der Waals surface area contributed by atoms with E-state index >= 15 is 0 Å². The summed E-state index contributed by atoms with van der Waals surface area (Å²) in [5.41, 5.74) is -0.644. The summed E-state index contributed by atoms with van der Waals surface area (Å²) in [5.74, 6) is -0.542. The van der Waals surface area contributed by atoms with Crippen LogP contribution in [0.3, 0.4) is 0 Å². The molecule has 0 radical (unpaired) electrons. The summed E-state index contributed by atoms with van der Waals surface area (Å²) in [6, 6.07) is 3.27. The maximum Gasteiger partial charge on any atom is 0.434 e. The second-order valence-electron chi connectivity index (χ2n) is 5.55. The van der Waals surface area contributed by atoms with E-state index in [4.69, 9.17) is 0 Å². The zero-order chi connectivity index (χ0) is 19.9. The molecule has 1 heterocycles. The van der Waals surface area contributed by atoms with E-state index in [0.717, 1.165) is 34.9 Å². The molecule has 0 aliphatic rings. The minimum Gasteiger partial charge on any atom is -0.357 e. The average Bonchev–Trinajstić information content (AvgIpc) is 3.07. The molecule has 1 aromatic heterocycles. The smallest absolute Gasteiger partial charge is 0.357 e. The molecular formula is C17H19F5N4S. The summed E-state index contributed by atoms with van der Waals surface area (Å²) in [6.45, 7) is 3.01. The minimum atomic E-state index is -4.44. The molecule has 2 rings (SSSR count). The van der Waals surface area contributed by atoms with Gasteiger partial charge in [0.25, 0.3) is 0 Å². The highest BCUT2D eigenvalue weighted by atomic mass is 32.1. The molecular weight excluding hydrogens is 387 g/mol. The lowest BCUT2D eigenvalue weighted by Gasteiger charge is -2.11. The second-order valence-corrected chi connectivity index (χ2v) is 6.49. The maximum absolute atomic E-state index is 13.6. The van der Waals surface area contributed by atoms with Gasteiger partial charge in [-0.25, -0.2) is 13.8 Å². The fourth-order valence-corrected chi connectivity index (χ4v) is 3.01. The molecule has 0 saturated heterocycles. The molecule has 2 N–H and O–H groups in total. The Bertz CT molecular complexity index is 773. The molecule has 0 atom stereocenters. The molecule has 0 fully saturated rings. The third-order valence-electron chi connectivity index (χ3n) is 3.48. The predicted molar refractivity (Wildman–Crippen MR) is 94.9 cm³/mol. The van der Waals surface area contributed by atoms with Gasteiger partial charge >= 0.3 is 6.18 Å². The average molecular weight is 406 g/mol. The van der Waals surface area contributed by atoms with Crippen LogP contribution < -0.4 is 10.6 Å². The number of thiazole rings is 1. The number of hydrogen-bond donors (Lipinski definition) is 2. The van der Waals surface area contributed by atoms with E-state index in [1.165, 1.54) is 0 Å². The molecule has 0 amide bonds. The quantitative estimate of drug-likeness (QED) is 0.418. The van der Waals surface area contributed by atoms with Gasteiger partial charge in [-0.1, -0.05) is 0 Å². The summed E-state index contributed by atoms with van der Waals surface area (Å²) < 4.78 is 64.3. The van der Waals surface area contributed by atoms with Gasteiger partial charge in [0.1, 0.15) is 11.6 Å². The summed E-state index contributed by atoms with van der Waals surface area (Å²) in [5, 5.41) is 7.30. The molecule has 1 aromatic carbocycles. The van der Waals surface area contributed by atoms with Crippen LogP contribution in [0, 0.1) is 11.6 Å². The van der Waals surface area contributed by atoms with Crippen molar-refractivity contribution in [1.29, 1.82) is 0 Å². The number of rotatable bonds is 7. The number of benzene rings is 1. The summed E-state index contributed by atoms with van der Waals surface area (Å²) in [6.07, 6.45) is -3.91. The van der Waals surface area contributed by atoms with Crippen molar-refractivity contribution in [2.45, 2.75) is 25.9 Å². The molecule has 148 valence electrons. The lowest BCUT2D eigenvalue weighted by molar-refractivity contribution is -0.140. The van der Waals surface area contributed by atoms with E-state index in [1.54, 1.807) is 0 Å². The zero-order valence-corrected chi connectivity index (χ0v) is 15.4. The van der Waals surface area contributed by atoms with Gasteiger partial charge in [-0.15, -0.1) is 11.3 Å². The second kappa shape index (κ2) is 9.63. The number of guanidine groups is 1. The van der Waals surface area contributed by atoms with Gasteiger partial charge in [0.15, 0.2) is 11.7 Å². The molecule has 2 aromatic rings. The Morgan fingerprint density at radius 3 is 2.63 bits per heavy atom. The Balaban J connectivity index is 1.86. The fourth-order valence-electron chi connectivity index (χ4n) is 2.21. The number of nitrogens with zero attached hydrogens (tertiary/aromatic N) is 2. The lowest BCUT2D eigenvalue weighted by Crippen LogP contribution is -2.38. The van der Waals surface area contributed by atoms with Crippen LogP contribution in [0.25, 0.3) is 0 Å². The van der Waals surface area contributed by atoms with Crippen LogP contribution >= 0.6 is 11.3 Å². The first-order chi connectivity index (χ1) is 12.8. The fraction of sp³-hybridized carbons (Fsp3) is 0.412. The van der Waals surface area contributed by atoms with Crippen molar-refractivity contribution in [3.8, 4) is 0 Å². The van der Waals surface area contributed by atoms with E-state index in [0.29, 0.717) is 24.1 Å². The normalized spacial score (nSPS) is 12.3. The number of halogens is 5. The summed E-state index contributed by atoms with van der Waals surface area (Å²) >= 11 is 0.941. The molecule has 0 aliphatic heterocycles. The van der Waals surface area contributed by atoms with Gasteiger partial charge in [0, 0.05) is 31.4 Å². The third-order valence-corrected chi connectivity index (χ3v) is 4.39. The third kappa shape index (κ3) is 6.78. The van der Waals surface area contributed by atoms with Crippen molar-refractivity contribution < 1.29 is 22.0 Å². The van der Waals surface area contributed by atoms with Crippen molar-refractivity contribution in [3.63, 3.8) is 0 Å². The largest absolute Gasteiger partial charge is 0.434 e. The Kier molecular flexibility index (Phi) is 7.52. The van der Waals surface area contributed by atoms with Crippen LogP contribution in [-0.4, -0.2) is 30.6 Å². The van der Waals surface area contributed by atoms with E-state index in [-0.39, 0.29) is 24.9 Å². The maximum atomic E-state index is 13.6. The first kappa shape index (κ1) is 21.1. The SMILES string of the molecule is CCNC(=NCCc1nc(C(F)(F)F)cs1)NCCc1cc(F)ccc1F. The van der Waals surface area contributed by atoms with Crippen LogP contribution in [0.5, 0.6) is 0 Å². The van der Waals surface area contributed by atoms with Gasteiger partial charge in [-0.3, -0.25) is 4.99 Å². The number of nitrogens with one attached hydrogen (secondary N) is 2. The Hall–Kier alpha value is -2.23. The highest BCUT2D eigenvalue weighted by molar-refractivity contribution is 7.09. The van der Waals surface area contributed by atoms with E-state index < -0.39 is 23.5 Å². The van der Waals surface area contributed by atoms with Crippen molar-refractivity contribution in [3.05, 3.63) is 51.5 Å². The van der Waals surface area contributed by atoms with Crippen molar-refractivity contribution in [2.24, 2.45) is 4.99 Å². The van der Waals surface area contributed by atoms with Crippen LogP contribution in [0.2, 0.25) is 0 Å². The van der Waals surface area contributed by atoms with Gasteiger partial charge < -0.3 is 10.6 Å². The van der Waals surface area contributed by atoms with E-state index in [2.05, 4.69) is 20.6 Å². The van der Waals surface area contributed by atoms with Crippen LogP contribution in [0.4, 0.5) is 22.0 Å². The number of aliphatic imine (C=N–C) groups is 1. The topological polar surface area (TPSA) is 49.3 Å². The van der Waals surface area contributed by atoms with Gasteiger partial charge in [0.05, 0.1) is 5.01 Å². The van der Waals surface area contributed by atoms with Gasteiger partial charge in [-0.05, 0) is 37.1 Å². The number of hydrogen-bond acceptors (Lipinski definition) is 3. The van der Waals surface area contributed by atoms with Crippen LogP contribution in [-0.2, 0) is 19.0 Å². The Labute approximate surface area is 157 Å². The highest BCUT2D eigenvalue weighted by Crippen LogP contribution is 2.30. The van der Waals surface area contributed by atoms with Crippen molar-refractivity contribution in [2.75, 3.05) is 19.6 Å². The molecule has 0 unspecified atom stereocenters. The molecule has 4 nitrogen and oxygen atoms in total. The Morgan fingerprint density at radius 1 is 1.19 bits per heavy atom. The Morgan fingerprint density at radius 2 is 1.96 bits per heavy atom. The number of aromatic nitrogens is 1. The number of alkyl halides is 3. The molecule has 0 spiro atoms. The molecule has 0 bridgehead atoms. The zero-order valence-electron chi connectivity index (χ0n) is 14.5. The summed E-state index contributed by atoms with van der Waals surface area (Å²) in [4.78, 5) is 7.81. The standard InChI is InChI=1S/C17H19F5N4S/c1-2-23-16(24-7-5-11-9-12(18)3-4-13(11)19)25-8-6-15-26-14(10-27-15)17(20,21)22/h3-4,9-10H,2,5-8H2,1H3,(H2,23,24,25). The van der Waals surface area contributed by atoms with Crippen LogP contribution in [0.15, 0.2) is 28.6 Å². The first-order valence-electron chi connectivity index (χ1n) is 8.27. The van der Waals surface area contributed by atoms with Crippen molar-refractivity contribution >= 4 is 17.3 Å². The van der Waals surface area contributed by atoms with Gasteiger partial charge in [-0.2, -0.15) is 13.2 Å². The molecule has 0 aliphatic carbocycles. The van der Waals surface area contributed by atoms with E-state index in [9.17, 15) is 22.0 Å². The van der Waals surface area contributed by atoms with Crippen molar-refractivity contribution in [1.82, 2.24) is 15.6 Å². The summed E-state index contributed by atoms with van der Waals surface area (Å²) in [7, 11) is 0.